The van der Waals surface area contributed by atoms with Gasteiger partial charge < -0.3 is 24.0 Å². The van der Waals surface area contributed by atoms with E-state index in [9.17, 15) is 0 Å². The van der Waals surface area contributed by atoms with E-state index in [1.807, 2.05) is 6.20 Å². The Hall–Kier alpha value is -2.16. The second kappa shape index (κ2) is 8.30. The Morgan fingerprint density at radius 1 is 1.14 bits per heavy atom. The zero-order chi connectivity index (χ0) is 20.4. The van der Waals surface area contributed by atoms with Crippen molar-refractivity contribution < 1.29 is 14.2 Å². The normalized spacial score (nSPS) is 20.1. The van der Waals surface area contributed by atoms with Crippen LogP contribution in [0.3, 0.4) is 0 Å². The smallest absolute Gasteiger partial charge is 0.177 e. The molecule has 4 rings (SSSR count). The zero-order valence-corrected chi connectivity index (χ0v) is 17.8. The van der Waals surface area contributed by atoms with Crippen LogP contribution >= 0.6 is 0 Å². The Balaban J connectivity index is 1.50. The van der Waals surface area contributed by atoms with Gasteiger partial charge in [0.15, 0.2) is 6.29 Å². The van der Waals surface area contributed by atoms with Crippen LogP contribution in [0.4, 0.5) is 11.4 Å². The van der Waals surface area contributed by atoms with Crippen LogP contribution in [0.2, 0.25) is 0 Å². The highest BCUT2D eigenvalue weighted by molar-refractivity contribution is 5.79. The van der Waals surface area contributed by atoms with Crippen LogP contribution in [0.1, 0.15) is 13.8 Å². The predicted octanol–water partition coefficient (Wildman–Crippen LogP) is 2.25. The summed E-state index contributed by atoms with van der Waals surface area (Å²) in [4.78, 5) is 4.48. The van der Waals surface area contributed by atoms with E-state index in [-0.39, 0.29) is 11.7 Å². The first kappa shape index (κ1) is 20.1. The predicted molar refractivity (Wildman–Crippen MR) is 112 cm³/mol. The first-order chi connectivity index (χ1) is 13.9. The number of morpholine rings is 1. The van der Waals surface area contributed by atoms with Gasteiger partial charge in [-0.1, -0.05) is 19.1 Å². The highest BCUT2D eigenvalue weighted by Crippen LogP contribution is 2.33. The highest BCUT2D eigenvalue weighted by atomic mass is 16.7. The number of ether oxygens (including phenoxy) is 3. The summed E-state index contributed by atoms with van der Waals surface area (Å²) in [6.07, 6.45) is 1.68. The van der Waals surface area contributed by atoms with Crippen molar-refractivity contribution in [1.82, 2.24) is 15.0 Å². The van der Waals surface area contributed by atoms with Crippen molar-refractivity contribution in [2.24, 2.45) is 5.41 Å². The molecule has 8 nitrogen and oxygen atoms in total. The molecular weight excluding hydrogens is 370 g/mol. The van der Waals surface area contributed by atoms with Gasteiger partial charge in [-0.3, -0.25) is 0 Å². The van der Waals surface area contributed by atoms with Crippen molar-refractivity contribution in [3.63, 3.8) is 0 Å². The van der Waals surface area contributed by atoms with Gasteiger partial charge in [-0.2, -0.15) is 0 Å². The van der Waals surface area contributed by atoms with Crippen LogP contribution in [0, 0.1) is 5.41 Å². The molecule has 0 aliphatic carbocycles. The average Bonchev–Trinajstić information content (AvgIpc) is 3.18. The molecule has 0 N–H and O–H groups in total. The van der Waals surface area contributed by atoms with Gasteiger partial charge >= 0.3 is 0 Å². The monoisotopic (exact) mass is 401 g/mol. The molecule has 8 heteroatoms. The van der Waals surface area contributed by atoms with Crippen molar-refractivity contribution >= 4 is 11.4 Å². The maximum Gasteiger partial charge on any atom is 0.177 e. The molecule has 2 aliphatic rings. The second-order valence-electron chi connectivity index (χ2n) is 8.74. The van der Waals surface area contributed by atoms with E-state index in [2.05, 4.69) is 66.3 Å². The molecule has 0 bridgehead atoms. The van der Waals surface area contributed by atoms with E-state index in [1.165, 1.54) is 5.69 Å². The second-order valence-corrected chi connectivity index (χ2v) is 8.74. The van der Waals surface area contributed by atoms with Crippen molar-refractivity contribution in [3.8, 4) is 11.3 Å². The standard InChI is InChI=1S/C21H31N5O3/c1-21(2)14-28-20(29-15-21)13-26-12-18(22-23-26)17-6-5-16(11-19(17)24(3)4)25-7-9-27-10-8-25/h5-6,11-12,20H,7-10,13-15H2,1-4H3. The minimum Gasteiger partial charge on any atom is -0.378 e. The molecule has 0 spiro atoms. The molecule has 1 aromatic heterocycles. The van der Waals surface area contributed by atoms with E-state index in [4.69, 9.17) is 14.2 Å². The summed E-state index contributed by atoms with van der Waals surface area (Å²) in [7, 11) is 4.11. The largest absolute Gasteiger partial charge is 0.378 e. The van der Waals surface area contributed by atoms with E-state index in [1.54, 1.807) is 4.68 Å². The van der Waals surface area contributed by atoms with Gasteiger partial charge in [-0.25, -0.2) is 4.68 Å². The van der Waals surface area contributed by atoms with Crippen LogP contribution in [0.15, 0.2) is 24.4 Å². The molecule has 0 atom stereocenters. The van der Waals surface area contributed by atoms with E-state index in [0.717, 1.165) is 43.2 Å². The summed E-state index contributed by atoms with van der Waals surface area (Å²) in [6, 6.07) is 6.50. The Morgan fingerprint density at radius 2 is 1.86 bits per heavy atom. The number of rotatable bonds is 5. The summed E-state index contributed by atoms with van der Waals surface area (Å²) < 4.78 is 18.9. The van der Waals surface area contributed by atoms with Gasteiger partial charge in [-0.05, 0) is 18.2 Å². The summed E-state index contributed by atoms with van der Waals surface area (Å²) in [5, 5.41) is 8.70. The fourth-order valence-electron chi connectivity index (χ4n) is 3.62. The van der Waals surface area contributed by atoms with Crippen molar-refractivity contribution in [2.75, 3.05) is 63.4 Å². The first-order valence-corrected chi connectivity index (χ1v) is 10.2. The quantitative estimate of drug-likeness (QED) is 0.761. The Morgan fingerprint density at radius 3 is 2.55 bits per heavy atom. The number of anilines is 2. The number of hydrogen-bond donors (Lipinski definition) is 0. The summed E-state index contributed by atoms with van der Waals surface area (Å²) >= 11 is 0. The lowest BCUT2D eigenvalue weighted by Gasteiger charge is -2.34. The lowest BCUT2D eigenvalue weighted by molar-refractivity contribution is -0.227. The molecule has 29 heavy (non-hydrogen) atoms. The molecule has 2 aliphatic heterocycles. The summed E-state index contributed by atoms with van der Waals surface area (Å²) in [5.74, 6) is 0. The molecule has 0 unspecified atom stereocenters. The third-order valence-corrected chi connectivity index (χ3v) is 5.31. The zero-order valence-electron chi connectivity index (χ0n) is 17.8. The fraction of sp³-hybridized carbons (Fsp3) is 0.619. The third-order valence-electron chi connectivity index (χ3n) is 5.31. The fourth-order valence-corrected chi connectivity index (χ4v) is 3.62. The summed E-state index contributed by atoms with van der Waals surface area (Å²) in [5.41, 5.74) is 4.29. The molecular formula is C21H31N5O3. The molecule has 1 aromatic carbocycles. The van der Waals surface area contributed by atoms with Crippen molar-refractivity contribution in [2.45, 2.75) is 26.7 Å². The maximum atomic E-state index is 5.82. The summed E-state index contributed by atoms with van der Waals surface area (Å²) in [6.45, 7) is 9.57. The molecule has 3 heterocycles. The average molecular weight is 402 g/mol. The van der Waals surface area contributed by atoms with Gasteiger partial charge in [0.2, 0.25) is 0 Å². The highest BCUT2D eigenvalue weighted by Gasteiger charge is 2.28. The lowest BCUT2D eigenvalue weighted by Crippen LogP contribution is -2.39. The Labute approximate surface area is 172 Å². The molecule has 0 radical (unpaired) electrons. The maximum absolute atomic E-state index is 5.82. The van der Waals surface area contributed by atoms with Crippen LogP contribution in [-0.4, -0.2) is 74.9 Å². The lowest BCUT2D eigenvalue weighted by atomic mass is 9.96. The topological polar surface area (TPSA) is 64.9 Å². The molecule has 158 valence electrons. The minimum absolute atomic E-state index is 0.0624. The molecule has 2 saturated heterocycles. The molecule has 0 amide bonds. The van der Waals surface area contributed by atoms with Gasteiger partial charge in [0, 0.05) is 49.5 Å². The molecule has 2 aromatic rings. The van der Waals surface area contributed by atoms with Crippen molar-refractivity contribution in [1.29, 1.82) is 0 Å². The van der Waals surface area contributed by atoms with Gasteiger partial charge in [0.05, 0.1) is 39.2 Å². The van der Waals surface area contributed by atoms with Crippen LogP contribution < -0.4 is 9.80 Å². The number of hydrogen-bond acceptors (Lipinski definition) is 7. The number of nitrogens with zero attached hydrogens (tertiary/aromatic N) is 5. The van der Waals surface area contributed by atoms with E-state index >= 15 is 0 Å². The van der Waals surface area contributed by atoms with Gasteiger partial charge in [-0.15, -0.1) is 5.10 Å². The first-order valence-electron chi connectivity index (χ1n) is 10.2. The van der Waals surface area contributed by atoms with Crippen molar-refractivity contribution in [3.05, 3.63) is 24.4 Å². The van der Waals surface area contributed by atoms with Crippen LogP contribution in [0.5, 0.6) is 0 Å². The third kappa shape index (κ3) is 4.71. The molecule has 0 saturated carbocycles. The molecule has 2 fully saturated rings. The Kier molecular flexibility index (Phi) is 5.76. The van der Waals surface area contributed by atoms with E-state index in [0.29, 0.717) is 19.8 Å². The van der Waals surface area contributed by atoms with Crippen LogP contribution in [-0.2, 0) is 20.8 Å². The van der Waals surface area contributed by atoms with Gasteiger partial charge in [0.1, 0.15) is 5.69 Å². The van der Waals surface area contributed by atoms with Gasteiger partial charge in [0.25, 0.3) is 0 Å². The van der Waals surface area contributed by atoms with E-state index < -0.39 is 0 Å². The SMILES string of the molecule is CN(C)c1cc(N2CCOCC2)ccc1-c1cn(CC2OCC(C)(C)CO2)nn1. The Bertz CT molecular complexity index is 819. The van der Waals surface area contributed by atoms with Crippen LogP contribution in [0.25, 0.3) is 11.3 Å². The minimum atomic E-state index is -0.283. The number of aromatic nitrogens is 3. The number of benzene rings is 1.